The zero-order valence-electron chi connectivity index (χ0n) is 20.3. The molecule has 4 nitrogen and oxygen atoms in total. The van der Waals surface area contributed by atoms with E-state index < -0.39 is 0 Å². The van der Waals surface area contributed by atoms with Gasteiger partial charge in [-0.15, -0.1) is 11.3 Å². The molecule has 1 N–H and O–H groups in total. The van der Waals surface area contributed by atoms with Crippen molar-refractivity contribution in [3.8, 4) is 0 Å². The van der Waals surface area contributed by atoms with Crippen molar-refractivity contribution in [1.29, 1.82) is 0 Å². The first-order valence-corrected chi connectivity index (χ1v) is 14.4. The molecule has 3 fully saturated rings. The van der Waals surface area contributed by atoms with E-state index in [0.29, 0.717) is 17.6 Å². The second-order valence-electron chi connectivity index (χ2n) is 11.5. The number of nitrogens with zero attached hydrogens (tertiary/aromatic N) is 1. The highest BCUT2D eigenvalue weighted by Gasteiger charge is 2.52. The Morgan fingerprint density at radius 2 is 1.82 bits per heavy atom. The van der Waals surface area contributed by atoms with Gasteiger partial charge in [-0.2, -0.15) is 0 Å². The molecule has 3 heterocycles. The molecule has 2 atom stereocenters. The fourth-order valence-electron chi connectivity index (χ4n) is 7.80. The van der Waals surface area contributed by atoms with Crippen LogP contribution in [0.1, 0.15) is 99.3 Å². The number of hydrogen-bond acceptors (Lipinski definition) is 5. The zero-order valence-corrected chi connectivity index (χ0v) is 21.1. The number of ether oxygens (including phenoxy) is 1. The maximum atomic E-state index is 13.0. The minimum atomic E-state index is -0.0935. The second kappa shape index (κ2) is 9.15. The van der Waals surface area contributed by atoms with Gasteiger partial charge in [0.25, 0.3) is 0 Å². The van der Waals surface area contributed by atoms with Crippen molar-refractivity contribution in [1.82, 2.24) is 10.3 Å². The van der Waals surface area contributed by atoms with Gasteiger partial charge in [0.1, 0.15) is 11.9 Å². The van der Waals surface area contributed by atoms with Crippen LogP contribution in [0.15, 0.2) is 35.8 Å². The van der Waals surface area contributed by atoms with Crippen LogP contribution >= 0.6 is 11.3 Å². The summed E-state index contributed by atoms with van der Waals surface area (Å²) in [4.78, 5) is 19.3. The highest BCUT2D eigenvalue weighted by molar-refractivity contribution is 7.10. The molecule has 1 unspecified atom stereocenters. The number of ketones is 1. The molecule has 3 saturated carbocycles. The van der Waals surface area contributed by atoms with Crippen LogP contribution in [0, 0.1) is 5.41 Å². The topological polar surface area (TPSA) is 51.2 Å². The summed E-state index contributed by atoms with van der Waals surface area (Å²) in [5.74, 6) is 0.520. The molecule has 4 aliphatic rings. The summed E-state index contributed by atoms with van der Waals surface area (Å²) in [5, 5.41) is 6.03. The number of Topliss-reactive ketones (excluding diaryl/α,β-unsaturated/α-hetero) is 1. The van der Waals surface area contributed by atoms with E-state index in [9.17, 15) is 4.79 Å². The average molecular weight is 479 g/mol. The first-order valence-electron chi connectivity index (χ1n) is 13.5. The van der Waals surface area contributed by atoms with Crippen LogP contribution in [-0.2, 0) is 20.4 Å². The molecule has 0 amide bonds. The Balaban J connectivity index is 1.15. The molecule has 182 valence electrons. The molecule has 6 rings (SSSR count). The molecule has 2 spiro atoms. The Morgan fingerprint density at radius 1 is 1.03 bits per heavy atom. The predicted octanol–water partition coefficient (Wildman–Crippen LogP) is 6.26. The molecular formula is C29H38N2O2S. The van der Waals surface area contributed by atoms with Crippen LogP contribution in [0.2, 0.25) is 0 Å². The SMILES string of the molecule is O=C1CC[C@@](CCNCC2OCC3(CCCC3)c3ccsc32)(c2ccccn2)CC12CCCC2. The molecule has 0 aromatic carbocycles. The molecule has 0 bridgehead atoms. The van der Waals surface area contributed by atoms with Crippen molar-refractivity contribution < 1.29 is 9.53 Å². The summed E-state index contributed by atoms with van der Waals surface area (Å²) in [6.45, 7) is 2.68. The van der Waals surface area contributed by atoms with Gasteiger partial charge in [0.2, 0.25) is 0 Å². The number of rotatable bonds is 6. The fourth-order valence-corrected chi connectivity index (χ4v) is 8.86. The number of nitrogens with one attached hydrogen (secondary N) is 1. The number of hydrogen-bond donors (Lipinski definition) is 1. The minimum Gasteiger partial charge on any atom is -0.370 e. The minimum absolute atomic E-state index is 0.00191. The van der Waals surface area contributed by atoms with Crippen molar-refractivity contribution in [2.45, 2.75) is 94.0 Å². The van der Waals surface area contributed by atoms with E-state index in [-0.39, 0.29) is 16.9 Å². The normalized spacial score (nSPS) is 29.6. The maximum Gasteiger partial charge on any atom is 0.139 e. The maximum absolute atomic E-state index is 13.0. The second-order valence-corrected chi connectivity index (χ2v) is 12.5. The van der Waals surface area contributed by atoms with E-state index in [2.05, 4.69) is 28.9 Å². The van der Waals surface area contributed by atoms with Crippen LogP contribution in [0.25, 0.3) is 0 Å². The lowest BCUT2D eigenvalue weighted by Gasteiger charge is -2.45. The standard InChI is InChI=1S/C29H38N2O2S/c32-25-8-14-27(24-7-1-6-16-31-24,20-28(25)10-2-3-11-28)15-17-30-19-23-26-22(9-18-34-26)29(21-33-23)12-4-5-13-29/h1,6-7,9,16,18,23,30H,2-5,8,10-15,17,19-21H2/t23?,27-/m0/s1. The summed E-state index contributed by atoms with van der Waals surface area (Å²) in [6, 6.07) is 8.69. The summed E-state index contributed by atoms with van der Waals surface area (Å²) >= 11 is 1.88. The Bertz CT molecular complexity index is 1010. The largest absolute Gasteiger partial charge is 0.370 e. The van der Waals surface area contributed by atoms with Gasteiger partial charge in [0, 0.05) is 46.0 Å². The van der Waals surface area contributed by atoms with Gasteiger partial charge in [-0.25, -0.2) is 0 Å². The van der Waals surface area contributed by atoms with Gasteiger partial charge in [0.15, 0.2) is 0 Å². The number of carbonyl (C=O) groups is 1. The number of pyridine rings is 1. The molecular weight excluding hydrogens is 440 g/mol. The van der Waals surface area contributed by atoms with Crippen LogP contribution in [-0.4, -0.2) is 30.5 Å². The smallest absolute Gasteiger partial charge is 0.139 e. The number of carbonyl (C=O) groups excluding carboxylic acids is 1. The third kappa shape index (κ3) is 3.88. The van der Waals surface area contributed by atoms with E-state index >= 15 is 0 Å². The predicted molar refractivity (Wildman–Crippen MR) is 136 cm³/mol. The van der Waals surface area contributed by atoms with Gasteiger partial charge in [-0.05, 0) is 80.6 Å². The van der Waals surface area contributed by atoms with E-state index in [0.717, 1.165) is 51.8 Å². The van der Waals surface area contributed by atoms with E-state index in [1.807, 2.05) is 23.6 Å². The molecule has 5 heteroatoms. The third-order valence-electron chi connectivity index (χ3n) is 9.66. The molecule has 34 heavy (non-hydrogen) atoms. The van der Waals surface area contributed by atoms with Crippen LogP contribution in [0.4, 0.5) is 0 Å². The highest BCUT2D eigenvalue weighted by atomic mass is 32.1. The molecule has 0 radical (unpaired) electrons. The van der Waals surface area contributed by atoms with Crippen LogP contribution in [0.3, 0.4) is 0 Å². The fraction of sp³-hybridized carbons (Fsp3) is 0.655. The Labute approximate surface area is 207 Å². The van der Waals surface area contributed by atoms with Gasteiger partial charge in [-0.1, -0.05) is 31.7 Å². The molecule has 0 saturated heterocycles. The summed E-state index contributed by atoms with van der Waals surface area (Å²) in [5.41, 5.74) is 2.96. The van der Waals surface area contributed by atoms with E-state index in [1.165, 1.54) is 49.1 Å². The molecule has 1 aliphatic heterocycles. The summed E-state index contributed by atoms with van der Waals surface area (Å²) in [6.07, 6.45) is 15.5. The van der Waals surface area contributed by atoms with Crippen molar-refractivity contribution in [2.24, 2.45) is 5.41 Å². The highest BCUT2D eigenvalue weighted by Crippen LogP contribution is 2.55. The van der Waals surface area contributed by atoms with E-state index in [1.54, 1.807) is 5.56 Å². The Morgan fingerprint density at radius 3 is 2.59 bits per heavy atom. The first kappa shape index (κ1) is 22.9. The quantitative estimate of drug-likeness (QED) is 0.498. The third-order valence-corrected chi connectivity index (χ3v) is 10.7. The molecule has 3 aliphatic carbocycles. The Hall–Kier alpha value is -1.56. The molecule has 2 aromatic rings. The number of thiophene rings is 1. The zero-order chi connectivity index (χ0) is 23.1. The van der Waals surface area contributed by atoms with Crippen LogP contribution < -0.4 is 5.32 Å². The number of fused-ring (bicyclic) bond motifs is 2. The van der Waals surface area contributed by atoms with Gasteiger partial charge in [-0.3, -0.25) is 9.78 Å². The van der Waals surface area contributed by atoms with Crippen molar-refractivity contribution in [3.63, 3.8) is 0 Å². The monoisotopic (exact) mass is 478 g/mol. The van der Waals surface area contributed by atoms with Crippen LogP contribution in [0.5, 0.6) is 0 Å². The molecule has 2 aromatic heterocycles. The lowest BCUT2D eigenvalue weighted by molar-refractivity contribution is -0.133. The Kier molecular flexibility index (Phi) is 6.15. The van der Waals surface area contributed by atoms with Crippen molar-refractivity contribution in [3.05, 3.63) is 52.0 Å². The van der Waals surface area contributed by atoms with Gasteiger partial charge in [0.05, 0.1) is 6.61 Å². The lowest BCUT2D eigenvalue weighted by atomic mass is 9.58. The summed E-state index contributed by atoms with van der Waals surface area (Å²) < 4.78 is 6.48. The van der Waals surface area contributed by atoms with Crippen molar-refractivity contribution in [2.75, 3.05) is 19.7 Å². The summed E-state index contributed by atoms with van der Waals surface area (Å²) in [7, 11) is 0. The first-order chi connectivity index (χ1) is 16.6. The average Bonchev–Trinajstić information content (AvgIpc) is 3.64. The van der Waals surface area contributed by atoms with Gasteiger partial charge < -0.3 is 10.1 Å². The van der Waals surface area contributed by atoms with Crippen molar-refractivity contribution >= 4 is 17.1 Å². The van der Waals surface area contributed by atoms with Gasteiger partial charge >= 0.3 is 0 Å². The number of aromatic nitrogens is 1. The lowest BCUT2D eigenvalue weighted by Crippen LogP contribution is -2.46. The van der Waals surface area contributed by atoms with E-state index in [4.69, 9.17) is 9.72 Å².